The van der Waals surface area contributed by atoms with Gasteiger partial charge in [-0.25, -0.2) is 4.79 Å². The van der Waals surface area contributed by atoms with Gasteiger partial charge in [0.25, 0.3) is 0 Å². The van der Waals surface area contributed by atoms with Crippen molar-refractivity contribution in [2.75, 3.05) is 6.61 Å². The molecule has 0 saturated heterocycles. The Morgan fingerprint density at radius 3 is 2.43 bits per heavy atom. The minimum absolute atomic E-state index is 0.251. The largest absolute Gasteiger partial charge is 0.463 e. The molecule has 0 N–H and O–H groups in total. The lowest BCUT2D eigenvalue weighted by Crippen LogP contribution is -2.02. The molecule has 0 aliphatic carbocycles. The van der Waals surface area contributed by atoms with Gasteiger partial charge in [0.05, 0.1) is 6.61 Å². The molecule has 0 unspecified atom stereocenters. The first-order valence-corrected chi connectivity index (χ1v) is 8.08. The molecule has 2 nitrogen and oxygen atoms in total. The smallest absolute Gasteiger partial charge is 0.330 e. The topological polar surface area (TPSA) is 26.3 Å². The van der Waals surface area contributed by atoms with E-state index in [-0.39, 0.29) is 5.97 Å². The number of hydrogen-bond donors (Lipinski definition) is 0. The molecule has 0 saturated carbocycles. The molecule has 2 heteroatoms. The summed E-state index contributed by atoms with van der Waals surface area (Å²) in [7, 11) is 0. The Labute approximate surface area is 129 Å². The summed E-state index contributed by atoms with van der Waals surface area (Å²) in [5.74, 6) is 0.556. The fourth-order valence-electron chi connectivity index (χ4n) is 2.13. The Kier molecular flexibility index (Phi) is 9.26. The van der Waals surface area contributed by atoms with E-state index in [1.165, 1.54) is 31.8 Å². The second kappa shape index (κ2) is 11.1. The average Bonchev–Trinajstić information content (AvgIpc) is 2.48. The highest BCUT2D eigenvalue weighted by Crippen LogP contribution is 2.10. The number of carbonyl (C=O) groups is 1. The zero-order chi connectivity index (χ0) is 15.3. The molecule has 1 aromatic carbocycles. The fraction of sp³-hybridized carbons (Fsp3) is 0.526. The van der Waals surface area contributed by atoms with Crippen LogP contribution in [-0.2, 0) is 9.53 Å². The van der Waals surface area contributed by atoms with Gasteiger partial charge in [-0.1, -0.05) is 76.3 Å². The van der Waals surface area contributed by atoms with E-state index in [0.29, 0.717) is 6.61 Å². The predicted molar refractivity (Wildman–Crippen MR) is 89.0 cm³/mol. The van der Waals surface area contributed by atoms with Crippen LogP contribution in [0.25, 0.3) is 6.08 Å². The lowest BCUT2D eigenvalue weighted by atomic mass is 10.0. The van der Waals surface area contributed by atoms with Crippen LogP contribution in [0.1, 0.15) is 57.9 Å². The van der Waals surface area contributed by atoms with E-state index in [1.807, 2.05) is 30.3 Å². The monoisotopic (exact) mass is 288 g/mol. The maximum Gasteiger partial charge on any atom is 0.330 e. The van der Waals surface area contributed by atoms with Gasteiger partial charge in [0.1, 0.15) is 0 Å². The number of carbonyl (C=O) groups excluding carboxylic acids is 1. The molecule has 1 aromatic rings. The van der Waals surface area contributed by atoms with E-state index in [1.54, 1.807) is 6.08 Å². The summed E-state index contributed by atoms with van der Waals surface area (Å²) in [6.45, 7) is 5.06. The molecule has 0 aromatic heterocycles. The van der Waals surface area contributed by atoms with Crippen LogP contribution in [-0.4, -0.2) is 12.6 Å². The van der Waals surface area contributed by atoms with E-state index >= 15 is 0 Å². The zero-order valence-electron chi connectivity index (χ0n) is 13.4. The van der Waals surface area contributed by atoms with Crippen molar-refractivity contribution < 1.29 is 9.53 Å². The Balaban J connectivity index is 2.00. The molecule has 0 aliphatic heterocycles. The number of ether oxygens (including phenoxy) is 1. The average molecular weight is 288 g/mol. The van der Waals surface area contributed by atoms with Crippen LogP contribution >= 0.6 is 0 Å². The van der Waals surface area contributed by atoms with Crippen molar-refractivity contribution in [3.8, 4) is 0 Å². The Morgan fingerprint density at radius 1 is 1.05 bits per heavy atom. The molecule has 116 valence electrons. The van der Waals surface area contributed by atoms with Crippen molar-refractivity contribution in [1.29, 1.82) is 0 Å². The van der Waals surface area contributed by atoms with Gasteiger partial charge >= 0.3 is 5.97 Å². The molecule has 0 fully saturated rings. The van der Waals surface area contributed by atoms with Gasteiger partial charge in [-0.2, -0.15) is 0 Å². The summed E-state index contributed by atoms with van der Waals surface area (Å²) in [5, 5.41) is 0. The molecule has 0 aliphatic rings. The number of rotatable bonds is 10. The highest BCUT2D eigenvalue weighted by atomic mass is 16.5. The number of benzene rings is 1. The van der Waals surface area contributed by atoms with E-state index in [2.05, 4.69) is 13.8 Å². The van der Waals surface area contributed by atoms with Crippen molar-refractivity contribution in [2.45, 2.75) is 52.4 Å². The molecule has 0 heterocycles. The summed E-state index contributed by atoms with van der Waals surface area (Å²) < 4.78 is 5.18. The highest BCUT2D eigenvalue weighted by molar-refractivity contribution is 5.86. The summed E-state index contributed by atoms with van der Waals surface area (Å²) in [6, 6.07) is 9.77. The van der Waals surface area contributed by atoms with Gasteiger partial charge in [0.2, 0.25) is 0 Å². The van der Waals surface area contributed by atoms with Crippen molar-refractivity contribution in [3.05, 3.63) is 42.0 Å². The standard InChI is InChI=1S/C19H28O2/c1-17(2)11-7-4-3-5-10-16-21-19(20)15-14-18-12-8-6-9-13-18/h6,8-9,12-15,17H,3-5,7,10-11,16H2,1-2H3. The summed E-state index contributed by atoms with van der Waals surface area (Å²) >= 11 is 0. The SMILES string of the molecule is CC(C)CCCCCCCOC(=O)C=Cc1ccccc1. The van der Waals surface area contributed by atoms with Crippen LogP contribution in [0.2, 0.25) is 0 Å². The van der Waals surface area contributed by atoms with Crippen LogP contribution in [0.15, 0.2) is 36.4 Å². The lowest BCUT2D eigenvalue weighted by molar-refractivity contribution is -0.137. The molecule has 0 amide bonds. The molecule has 0 atom stereocenters. The molecular formula is C19H28O2. The van der Waals surface area contributed by atoms with Gasteiger partial charge < -0.3 is 4.74 Å². The van der Waals surface area contributed by atoms with E-state index in [0.717, 1.165) is 24.3 Å². The third kappa shape index (κ3) is 9.89. The van der Waals surface area contributed by atoms with E-state index in [4.69, 9.17) is 4.74 Å². The van der Waals surface area contributed by atoms with Crippen LogP contribution in [0.5, 0.6) is 0 Å². The lowest BCUT2D eigenvalue weighted by Gasteiger charge is -2.04. The second-order valence-electron chi connectivity index (χ2n) is 5.86. The van der Waals surface area contributed by atoms with Gasteiger partial charge in [-0.3, -0.25) is 0 Å². The first kappa shape index (κ1) is 17.5. The number of esters is 1. The minimum Gasteiger partial charge on any atom is -0.463 e. The number of hydrogen-bond acceptors (Lipinski definition) is 2. The molecule has 1 rings (SSSR count). The quantitative estimate of drug-likeness (QED) is 0.334. The second-order valence-corrected chi connectivity index (χ2v) is 5.86. The van der Waals surface area contributed by atoms with Gasteiger partial charge in [0.15, 0.2) is 0 Å². The Hall–Kier alpha value is -1.57. The van der Waals surface area contributed by atoms with E-state index in [9.17, 15) is 4.79 Å². The van der Waals surface area contributed by atoms with Crippen LogP contribution in [0.3, 0.4) is 0 Å². The van der Waals surface area contributed by atoms with Gasteiger partial charge in [0, 0.05) is 6.08 Å². The van der Waals surface area contributed by atoms with Gasteiger partial charge in [-0.15, -0.1) is 0 Å². The highest BCUT2D eigenvalue weighted by Gasteiger charge is 1.98. The molecule has 0 spiro atoms. The van der Waals surface area contributed by atoms with Crippen LogP contribution in [0, 0.1) is 5.92 Å². The zero-order valence-corrected chi connectivity index (χ0v) is 13.4. The van der Waals surface area contributed by atoms with Crippen LogP contribution in [0.4, 0.5) is 0 Å². The molecular weight excluding hydrogens is 260 g/mol. The maximum absolute atomic E-state index is 11.5. The molecule has 21 heavy (non-hydrogen) atoms. The summed E-state index contributed by atoms with van der Waals surface area (Å²) in [4.78, 5) is 11.5. The first-order chi connectivity index (χ1) is 10.2. The third-order valence-electron chi connectivity index (χ3n) is 3.38. The minimum atomic E-state index is -0.251. The number of unbranched alkanes of at least 4 members (excludes halogenated alkanes) is 4. The predicted octanol–water partition coefficient (Wildman–Crippen LogP) is 5.24. The Bertz CT molecular complexity index is 407. The summed E-state index contributed by atoms with van der Waals surface area (Å²) in [6.07, 6.45) is 10.6. The molecule has 0 radical (unpaired) electrons. The molecule has 0 bridgehead atoms. The Morgan fingerprint density at radius 2 is 1.71 bits per heavy atom. The van der Waals surface area contributed by atoms with E-state index < -0.39 is 0 Å². The van der Waals surface area contributed by atoms with Crippen LogP contribution < -0.4 is 0 Å². The third-order valence-corrected chi connectivity index (χ3v) is 3.38. The van der Waals surface area contributed by atoms with Gasteiger partial charge in [-0.05, 0) is 24.0 Å². The summed E-state index contributed by atoms with van der Waals surface area (Å²) in [5.41, 5.74) is 1.01. The fourth-order valence-corrected chi connectivity index (χ4v) is 2.13. The van der Waals surface area contributed by atoms with Crippen molar-refractivity contribution >= 4 is 12.0 Å². The van der Waals surface area contributed by atoms with Crippen molar-refractivity contribution in [2.24, 2.45) is 5.92 Å². The van der Waals surface area contributed by atoms with Crippen molar-refractivity contribution in [3.63, 3.8) is 0 Å². The van der Waals surface area contributed by atoms with Crippen molar-refractivity contribution in [1.82, 2.24) is 0 Å². The maximum atomic E-state index is 11.5. The first-order valence-electron chi connectivity index (χ1n) is 8.08. The normalized spacial score (nSPS) is 11.2.